The van der Waals surface area contributed by atoms with Gasteiger partial charge in [0, 0.05) is 29.9 Å². The molecule has 1 N–H and O–H groups in total. The Labute approximate surface area is 308 Å². The van der Waals surface area contributed by atoms with E-state index in [0.29, 0.717) is 59.2 Å². The number of nitrogens with zero attached hydrogens (tertiary/aromatic N) is 4. The van der Waals surface area contributed by atoms with Crippen molar-refractivity contribution in [1.82, 2.24) is 14.8 Å². The average Bonchev–Trinajstić information content (AvgIpc) is 3.89. The van der Waals surface area contributed by atoms with Crippen LogP contribution in [0.15, 0.2) is 54.7 Å². The fourth-order valence-corrected chi connectivity index (χ4v) is 7.92. The molecule has 270 valence electrons. The van der Waals surface area contributed by atoms with Gasteiger partial charge in [-0.15, -0.1) is 0 Å². The van der Waals surface area contributed by atoms with Crippen LogP contribution in [0.4, 0.5) is 4.39 Å². The lowest BCUT2D eigenvalue weighted by molar-refractivity contribution is -0.165. The number of piperidine rings is 1. The molecule has 0 bridgehead atoms. The van der Waals surface area contributed by atoms with Gasteiger partial charge in [0.25, 0.3) is 5.91 Å². The zero-order valence-electron chi connectivity index (χ0n) is 28.8. The van der Waals surface area contributed by atoms with E-state index in [1.165, 1.54) is 17.2 Å². The number of hydrogen-bond acceptors (Lipinski definition) is 8. The number of likely N-dealkylation sites (tertiary alicyclic amines) is 1. The van der Waals surface area contributed by atoms with Gasteiger partial charge in [0.05, 0.1) is 58.7 Å². The molecule has 3 aromatic rings. The molecule has 1 amide bonds. The third-order valence-corrected chi connectivity index (χ3v) is 11.6. The summed E-state index contributed by atoms with van der Waals surface area (Å²) >= 11 is 12.4. The molecule has 9 nitrogen and oxygen atoms in total. The number of aromatic nitrogens is 1. The number of carbonyl (C=O) groups is 1. The van der Waals surface area contributed by atoms with Crippen molar-refractivity contribution in [3.63, 3.8) is 0 Å². The first-order valence-corrected chi connectivity index (χ1v) is 18.6. The Bertz CT molecular complexity index is 1770. The van der Waals surface area contributed by atoms with Crippen LogP contribution >= 0.6 is 23.2 Å². The summed E-state index contributed by atoms with van der Waals surface area (Å²) in [5.74, 6) is -1.33. The molecular weight excluding hydrogens is 694 g/mol. The number of rotatable bonds is 12. The maximum atomic E-state index is 17.0. The zero-order chi connectivity index (χ0) is 35.8. The van der Waals surface area contributed by atoms with Crippen molar-refractivity contribution < 1.29 is 28.5 Å². The van der Waals surface area contributed by atoms with Crippen LogP contribution in [0.1, 0.15) is 84.6 Å². The molecule has 51 heavy (non-hydrogen) atoms. The number of nitriles is 1. The molecule has 3 fully saturated rings. The van der Waals surface area contributed by atoms with Crippen LogP contribution in [-0.4, -0.2) is 71.5 Å². The first kappa shape index (κ1) is 36.2. The number of benzene rings is 2. The highest BCUT2D eigenvalue weighted by atomic mass is 35.5. The summed E-state index contributed by atoms with van der Waals surface area (Å²) in [5.41, 5.74) is -2.43. The van der Waals surface area contributed by atoms with Crippen molar-refractivity contribution in [2.75, 3.05) is 39.5 Å². The molecule has 1 saturated carbocycles. The second-order valence-corrected chi connectivity index (χ2v) is 15.4. The topological polar surface area (TPSA) is 108 Å². The molecule has 4 heterocycles. The van der Waals surface area contributed by atoms with Gasteiger partial charge in [0.2, 0.25) is 0 Å². The lowest BCUT2D eigenvalue weighted by Crippen LogP contribution is -2.48. The SMILES string of the molecule is CC(O)(c1cc(F)c2c(c1)C(=O)N(Cc1ccc(Cl)cn1)C2(OCC1(C#N)CC1)c1ccc(Cl)cc1)C1CCN(CCOC2CCCCO2)CC1. The van der Waals surface area contributed by atoms with Crippen molar-refractivity contribution >= 4 is 29.1 Å². The standard InChI is InChI=1S/C39H43Cl2FN4O5/c1-37(48,26-11-15-45(16-12-26)17-19-50-34-4-2-3-18-49-34)28-20-32-35(33(42)21-28)39(27-5-7-29(40)8-6-27,51-25-38(24-43)13-14-38)46(36(32)47)23-31-10-9-30(41)22-44-31/h5-10,20-22,26,34,48H,2-4,11-19,23,25H2,1H3. The molecule has 4 aliphatic rings. The summed E-state index contributed by atoms with van der Waals surface area (Å²) in [7, 11) is 0. The van der Waals surface area contributed by atoms with E-state index >= 15 is 4.39 Å². The fourth-order valence-electron chi connectivity index (χ4n) is 7.68. The van der Waals surface area contributed by atoms with Gasteiger partial charge in [-0.2, -0.15) is 5.26 Å². The third kappa shape index (κ3) is 7.27. The minimum absolute atomic E-state index is 0.0143. The van der Waals surface area contributed by atoms with Gasteiger partial charge in [-0.05, 0) is 113 Å². The van der Waals surface area contributed by atoms with Gasteiger partial charge in [0.1, 0.15) is 5.82 Å². The Kier molecular flexibility index (Phi) is 10.4. The highest BCUT2D eigenvalue weighted by Gasteiger charge is 2.57. The Balaban J connectivity index is 1.19. The number of aliphatic hydroxyl groups is 1. The van der Waals surface area contributed by atoms with Crippen LogP contribution in [0.25, 0.3) is 0 Å². The van der Waals surface area contributed by atoms with Crippen LogP contribution in [-0.2, 0) is 32.1 Å². The molecular formula is C39H43Cl2FN4O5. The molecule has 1 aliphatic carbocycles. The van der Waals surface area contributed by atoms with Crippen LogP contribution in [0, 0.1) is 28.5 Å². The molecule has 2 aromatic carbocycles. The summed E-state index contributed by atoms with van der Waals surface area (Å²) in [6.45, 7) is 5.28. The van der Waals surface area contributed by atoms with E-state index in [-0.39, 0.29) is 36.5 Å². The lowest BCUT2D eigenvalue weighted by Gasteiger charge is -2.41. The van der Waals surface area contributed by atoms with E-state index in [9.17, 15) is 15.2 Å². The number of ether oxygens (including phenoxy) is 3. The van der Waals surface area contributed by atoms with E-state index in [1.807, 2.05) is 0 Å². The molecule has 1 aromatic heterocycles. The van der Waals surface area contributed by atoms with Gasteiger partial charge in [-0.1, -0.05) is 35.3 Å². The van der Waals surface area contributed by atoms with Crippen molar-refractivity contribution in [3.05, 3.63) is 98.5 Å². The minimum Gasteiger partial charge on any atom is -0.385 e. The molecule has 3 unspecified atom stereocenters. The lowest BCUT2D eigenvalue weighted by atomic mass is 9.76. The number of halogens is 3. The van der Waals surface area contributed by atoms with Crippen molar-refractivity contribution in [2.24, 2.45) is 11.3 Å². The second kappa shape index (κ2) is 14.7. The summed E-state index contributed by atoms with van der Waals surface area (Å²) < 4.78 is 35.3. The van der Waals surface area contributed by atoms with Crippen LogP contribution in [0.2, 0.25) is 10.0 Å². The highest BCUT2D eigenvalue weighted by molar-refractivity contribution is 6.30. The number of hydrogen-bond donors (Lipinski definition) is 1. The number of fused-ring (bicyclic) bond motifs is 1. The van der Waals surface area contributed by atoms with Crippen LogP contribution in [0.3, 0.4) is 0 Å². The molecule has 0 radical (unpaired) electrons. The maximum Gasteiger partial charge on any atom is 0.257 e. The summed E-state index contributed by atoms with van der Waals surface area (Å²) in [4.78, 5) is 22.8. The van der Waals surface area contributed by atoms with Crippen molar-refractivity contribution in [3.8, 4) is 6.07 Å². The normalized spacial score (nSPS) is 24.6. The number of amides is 1. The Morgan fingerprint density at radius 1 is 1.10 bits per heavy atom. The zero-order valence-corrected chi connectivity index (χ0v) is 30.3. The Morgan fingerprint density at radius 3 is 2.49 bits per heavy atom. The monoisotopic (exact) mass is 736 g/mol. The summed E-state index contributed by atoms with van der Waals surface area (Å²) in [6.07, 6.45) is 7.17. The first-order chi connectivity index (χ1) is 24.5. The van der Waals surface area contributed by atoms with Gasteiger partial charge in [-0.25, -0.2) is 4.39 Å². The van der Waals surface area contributed by atoms with E-state index < -0.39 is 28.5 Å². The van der Waals surface area contributed by atoms with E-state index in [2.05, 4.69) is 16.0 Å². The largest absolute Gasteiger partial charge is 0.385 e. The van der Waals surface area contributed by atoms with Gasteiger partial charge in [0.15, 0.2) is 12.0 Å². The van der Waals surface area contributed by atoms with E-state index in [4.69, 9.17) is 37.4 Å². The molecule has 3 atom stereocenters. The van der Waals surface area contributed by atoms with Crippen LogP contribution in [0.5, 0.6) is 0 Å². The predicted molar refractivity (Wildman–Crippen MR) is 189 cm³/mol. The minimum atomic E-state index is -1.74. The second-order valence-electron chi connectivity index (χ2n) is 14.5. The van der Waals surface area contributed by atoms with Crippen molar-refractivity contribution in [2.45, 2.75) is 76.0 Å². The highest BCUT2D eigenvalue weighted by Crippen LogP contribution is 2.52. The van der Waals surface area contributed by atoms with Gasteiger partial charge >= 0.3 is 0 Å². The maximum absolute atomic E-state index is 17.0. The molecule has 12 heteroatoms. The summed E-state index contributed by atoms with van der Waals surface area (Å²) in [5, 5.41) is 22.9. The Hall–Kier alpha value is -3.14. The smallest absolute Gasteiger partial charge is 0.257 e. The Morgan fingerprint density at radius 2 is 1.84 bits per heavy atom. The number of pyridine rings is 1. The fraction of sp³-hybridized carbons (Fsp3) is 0.513. The van der Waals surface area contributed by atoms with Crippen molar-refractivity contribution in [1.29, 1.82) is 5.26 Å². The molecule has 0 spiro atoms. The van der Waals surface area contributed by atoms with Gasteiger partial charge in [-0.3, -0.25) is 14.7 Å². The predicted octanol–water partition coefficient (Wildman–Crippen LogP) is 7.17. The van der Waals surface area contributed by atoms with Gasteiger partial charge < -0.3 is 24.2 Å². The molecule has 3 aliphatic heterocycles. The summed E-state index contributed by atoms with van der Waals surface area (Å²) in [6, 6.07) is 15.4. The first-order valence-electron chi connectivity index (χ1n) is 17.8. The quantitative estimate of drug-likeness (QED) is 0.209. The third-order valence-electron chi connectivity index (χ3n) is 11.1. The van der Waals surface area contributed by atoms with Crippen LogP contribution < -0.4 is 0 Å². The van der Waals surface area contributed by atoms with E-state index in [1.54, 1.807) is 49.4 Å². The average molecular weight is 738 g/mol. The van der Waals surface area contributed by atoms with E-state index in [0.717, 1.165) is 45.5 Å². The molecule has 2 saturated heterocycles. The molecule has 7 rings (SSSR count). The number of carbonyl (C=O) groups excluding carboxylic acids is 1.